The number of hydrogen-bond acceptors (Lipinski definition) is 3. The van der Waals surface area contributed by atoms with Crippen molar-refractivity contribution in [1.29, 1.82) is 0 Å². The Balaban J connectivity index is 2.39. The van der Waals surface area contributed by atoms with Crippen LogP contribution in [0.15, 0.2) is 0 Å². The summed E-state index contributed by atoms with van der Waals surface area (Å²) in [4.78, 5) is 14.1. The maximum Gasteiger partial charge on any atom is 0.248 e. The normalized spacial score (nSPS) is 17.1. The molecular formula is C14H28N2O2. The SMILES string of the molecule is CCCOCC(=O)N(CC1CCNCC1)C(C)C. The zero-order chi connectivity index (χ0) is 13.4. The third-order valence-electron chi connectivity index (χ3n) is 3.43. The first-order chi connectivity index (χ1) is 8.65. The third-order valence-corrected chi connectivity index (χ3v) is 3.43. The van der Waals surface area contributed by atoms with Crippen LogP contribution in [0.4, 0.5) is 0 Å². The van der Waals surface area contributed by atoms with Crippen molar-refractivity contribution < 1.29 is 9.53 Å². The minimum Gasteiger partial charge on any atom is -0.372 e. The smallest absolute Gasteiger partial charge is 0.248 e. The van der Waals surface area contributed by atoms with Crippen molar-refractivity contribution in [3.8, 4) is 0 Å². The maximum absolute atomic E-state index is 12.1. The van der Waals surface area contributed by atoms with Crippen molar-refractivity contribution >= 4 is 5.91 Å². The molecule has 0 saturated carbocycles. The number of piperidine rings is 1. The molecule has 1 N–H and O–H groups in total. The van der Waals surface area contributed by atoms with Gasteiger partial charge in [0.15, 0.2) is 0 Å². The summed E-state index contributed by atoms with van der Waals surface area (Å²) in [6, 6.07) is 0.262. The van der Waals surface area contributed by atoms with Crippen LogP contribution in [0.5, 0.6) is 0 Å². The number of nitrogens with zero attached hydrogens (tertiary/aromatic N) is 1. The molecule has 0 spiro atoms. The molecule has 1 fully saturated rings. The molecule has 106 valence electrons. The summed E-state index contributed by atoms with van der Waals surface area (Å²) in [6.45, 7) is 10.2. The summed E-state index contributed by atoms with van der Waals surface area (Å²) in [5, 5.41) is 3.36. The fraction of sp³-hybridized carbons (Fsp3) is 0.929. The maximum atomic E-state index is 12.1. The molecule has 0 bridgehead atoms. The van der Waals surface area contributed by atoms with E-state index in [1.807, 2.05) is 4.90 Å². The molecular weight excluding hydrogens is 228 g/mol. The molecule has 0 aromatic carbocycles. The van der Waals surface area contributed by atoms with E-state index in [9.17, 15) is 4.79 Å². The van der Waals surface area contributed by atoms with Crippen LogP contribution in [0, 0.1) is 5.92 Å². The van der Waals surface area contributed by atoms with Gasteiger partial charge in [0.05, 0.1) is 0 Å². The van der Waals surface area contributed by atoms with Gasteiger partial charge in [-0.15, -0.1) is 0 Å². The second-order valence-corrected chi connectivity index (χ2v) is 5.39. The molecule has 1 aliphatic heterocycles. The van der Waals surface area contributed by atoms with Gasteiger partial charge in [0, 0.05) is 19.2 Å². The molecule has 1 heterocycles. The molecule has 0 aliphatic carbocycles. The second kappa shape index (κ2) is 8.48. The quantitative estimate of drug-likeness (QED) is 0.704. The van der Waals surface area contributed by atoms with Crippen LogP contribution in [0.1, 0.15) is 40.0 Å². The highest BCUT2D eigenvalue weighted by Gasteiger charge is 2.22. The average Bonchev–Trinajstić information content (AvgIpc) is 2.37. The Morgan fingerprint density at radius 2 is 2.06 bits per heavy atom. The summed E-state index contributed by atoms with van der Waals surface area (Å²) in [7, 11) is 0. The van der Waals surface area contributed by atoms with E-state index in [4.69, 9.17) is 4.74 Å². The van der Waals surface area contributed by atoms with Gasteiger partial charge in [0.2, 0.25) is 5.91 Å². The van der Waals surface area contributed by atoms with Crippen molar-refractivity contribution in [2.75, 3.05) is 32.8 Å². The van der Waals surface area contributed by atoms with Gasteiger partial charge in [-0.3, -0.25) is 4.79 Å². The molecule has 1 rings (SSSR count). The lowest BCUT2D eigenvalue weighted by Gasteiger charge is -2.32. The lowest BCUT2D eigenvalue weighted by atomic mass is 9.97. The van der Waals surface area contributed by atoms with Crippen molar-refractivity contribution in [1.82, 2.24) is 10.2 Å². The van der Waals surface area contributed by atoms with E-state index >= 15 is 0 Å². The molecule has 18 heavy (non-hydrogen) atoms. The Morgan fingerprint density at radius 3 is 2.61 bits per heavy atom. The van der Waals surface area contributed by atoms with E-state index in [-0.39, 0.29) is 18.6 Å². The fourth-order valence-electron chi connectivity index (χ4n) is 2.33. The van der Waals surface area contributed by atoms with Crippen LogP contribution >= 0.6 is 0 Å². The van der Waals surface area contributed by atoms with Gasteiger partial charge in [-0.2, -0.15) is 0 Å². The Labute approximate surface area is 111 Å². The number of hydrogen-bond donors (Lipinski definition) is 1. The van der Waals surface area contributed by atoms with Gasteiger partial charge < -0.3 is 15.0 Å². The van der Waals surface area contributed by atoms with Gasteiger partial charge in [-0.1, -0.05) is 6.92 Å². The Hall–Kier alpha value is -0.610. The van der Waals surface area contributed by atoms with Crippen LogP contribution < -0.4 is 5.32 Å². The molecule has 0 aromatic heterocycles. The fourth-order valence-corrected chi connectivity index (χ4v) is 2.33. The highest BCUT2D eigenvalue weighted by atomic mass is 16.5. The number of nitrogens with one attached hydrogen (secondary N) is 1. The summed E-state index contributed by atoms with van der Waals surface area (Å²) in [5.41, 5.74) is 0. The standard InChI is InChI=1S/C14H28N2O2/c1-4-9-18-11-14(17)16(12(2)3)10-13-5-7-15-8-6-13/h12-13,15H,4-11H2,1-3H3. The van der Waals surface area contributed by atoms with Crippen LogP contribution in [-0.2, 0) is 9.53 Å². The molecule has 0 atom stereocenters. The van der Waals surface area contributed by atoms with Crippen LogP contribution in [-0.4, -0.2) is 49.7 Å². The number of ether oxygens (including phenoxy) is 1. The summed E-state index contributed by atoms with van der Waals surface area (Å²) in [5.74, 6) is 0.778. The predicted molar refractivity (Wildman–Crippen MR) is 73.6 cm³/mol. The summed E-state index contributed by atoms with van der Waals surface area (Å²) >= 11 is 0. The van der Waals surface area contributed by atoms with Crippen molar-refractivity contribution in [2.45, 2.75) is 46.1 Å². The zero-order valence-electron chi connectivity index (χ0n) is 12.1. The minimum atomic E-state index is 0.136. The first kappa shape index (κ1) is 15.4. The molecule has 4 heteroatoms. The van der Waals surface area contributed by atoms with Gasteiger partial charge in [0.25, 0.3) is 0 Å². The molecule has 1 amide bonds. The van der Waals surface area contributed by atoms with Crippen molar-refractivity contribution in [2.24, 2.45) is 5.92 Å². The molecule has 0 aromatic rings. The lowest BCUT2D eigenvalue weighted by molar-refractivity contribution is -0.138. The van der Waals surface area contributed by atoms with Crippen LogP contribution in [0.2, 0.25) is 0 Å². The average molecular weight is 256 g/mol. The Bertz CT molecular complexity index is 238. The van der Waals surface area contributed by atoms with Crippen LogP contribution in [0.25, 0.3) is 0 Å². The van der Waals surface area contributed by atoms with E-state index in [1.54, 1.807) is 0 Å². The van der Waals surface area contributed by atoms with Crippen molar-refractivity contribution in [3.63, 3.8) is 0 Å². The van der Waals surface area contributed by atoms with E-state index < -0.39 is 0 Å². The number of carbonyl (C=O) groups excluding carboxylic acids is 1. The van der Waals surface area contributed by atoms with E-state index in [2.05, 4.69) is 26.1 Å². The highest BCUT2D eigenvalue weighted by molar-refractivity contribution is 5.77. The predicted octanol–water partition coefficient (Wildman–Crippen LogP) is 1.65. The minimum absolute atomic E-state index is 0.136. The number of rotatable bonds is 7. The molecule has 4 nitrogen and oxygen atoms in total. The second-order valence-electron chi connectivity index (χ2n) is 5.39. The Kier molecular flexibility index (Phi) is 7.28. The van der Waals surface area contributed by atoms with Crippen LogP contribution in [0.3, 0.4) is 0 Å². The van der Waals surface area contributed by atoms with E-state index in [0.29, 0.717) is 12.5 Å². The lowest BCUT2D eigenvalue weighted by Crippen LogP contribution is -2.44. The van der Waals surface area contributed by atoms with E-state index in [0.717, 1.165) is 26.1 Å². The topological polar surface area (TPSA) is 41.6 Å². The van der Waals surface area contributed by atoms with Gasteiger partial charge in [-0.25, -0.2) is 0 Å². The monoisotopic (exact) mass is 256 g/mol. The summed E-state index contributed by atoms with van der Waals surface area (Å²) < 4.78 is 5.36. The Morgan fingerprint density at radius 1 is 1.39 bits per heavy atom. The van der Waals surface area contributed by atoms with Gasteiger partial charge >= 0.3 is 0 Å². The molecule has 0 unspecified atom stereocenters. The third kappa shape index (κ3) is 5.36. The largest absolute Gasteiger partial charge is 0.372 e. The van der Waals surface area contributed by atoms with Gasteiger partial charge in [0.1, 0.15) is 6.61 Å². The number of carbonyl (C=O) groups is 1. The first-order valence-electron chi connectivity index (χ1n) is 7.23. The summed E-state index contributed by atoms with van der Waals surface area (Å²) in [6.07, 6.45) is 3.31. The van der Waals surface area contributed by atoms with Gasteiger partial charge in [-0.05, 0) is 52.1 Å². The first-order valence-corrected chi connectivity index (χ1v) is 7.23. The molecule has 1 saturated heterocycles. The molecule has 1 aliphatic rings. The highest BCUT2D eigenvalue weighted by Crippen LogP contribution is 2.15. The zero-order valence-corrected chi connectivity index (χ0v) is 12.1. The van der Waals surface area contributed by atoms with E-state index in [1.165, 1.54) is 12.8 Å². The number of amides is 1. The molecule has 0 radical (unpaired) electrons. The van der Waals surface area contributed by atoms with Crippen molar-refractivity contribution in [3.05, 3.63) is 0 Å².